The summed E-state index contributed by atoms with van der Waals surface area (Å²) < 4.78 is 55.5. The van der Waals surface area contributed by atoms with E-state index in [0.717, 1.165) is 10.4 Å². The fourth-order valence-electron chi connectivity index (χ4n) is 2.14. The van der Waals surface area contributed by atoms with E-state index in [4.69, 9.17) is 14.2 Å². The first-order valence-electron chi connectivity index (χ1n) is 6.89. The number of anilines is 1. The van der Waals surface area contributed by atoms with Crippen molar-refractivity contribution in [1.29, 1.82) is 0 Å². The van der Waals surface area contributed by atoms with Crippen LogP contribution in [-0.4, -0.2) is 36.8 Å². The van der Waals surface area contributed by atoms with E-state index in [1.807, 2.05) is 0 Å². The van der Waals surface area contributed by atoms with Crippen LogP contribution in [0.1, 0.15) is 0 Å². The van der Waals surface area contributed by atoms with Crippen molar-refractivity contribution in [1.82, 2.24) is 0 Å². The lowest BCUT2D eigenvalue weighted by Gasteiger charge is -2.22. The first-order chi connectivity index (χ1) is 11.3. The van der Waals surface area contributed by atoms with Crippen molar-refractivity contribution in [2.75, 3.05) is 32.7 Å². The van der Waals surface area contributed by atoms with E-state index >= 15 is 0 Å². The van der Waals surface area contributed by atoms with Crippen LogP contribution in [0.3, 0.4) is 0 Å². The maximum Gasteiger partial charge on any atom is 0.264 e. The van der Waals surface area contributed by atoms with E-state index < -0.39 is 15.8 Å². The quantitative estimate of drug-likeness (QED) is 0.797. The van der Waals surface area contributed by atoms with Crippen LogP contribution < -0.4 is 18.5 Å². The number of sulfonamides is 1. The molecule has 0 aliphatic heterocycles. The Morgan fingerprint density at radius 2 is 1.58 bits per heavy atom. The van der Waals surface area contributed by atoms with E-state index in [9.17, 15) is 12.8 Å². The van der Waals surface area contributed by atoms with Gasteiger partial charge in [0.25, 0.3) is 10.0 Å². The summed E-state index contributed by atoms with van der Waals surface area (Å²) in [6, 6.07) is 8.19. The molecule has 2 rings (SSSR count). The summed E-state index contributed by atoms with van der Waals surface area (Å²) in [4.78, 5) is -0.193. The number of hydrogen-bond acceptors (Lipinski definition) is 5. The number of methoxy groups -OCH3 is 3. The van der Waals surface area contributed by atoms with Gasteiger partial charge >= 0.3 is 0 Å². The fraction of sp³-hybridized carbons (Fsp3) is 0.250. The third kappa shape index (κ3) is 3.23. The molecule has 0 fully saturated rings. The van der Waals surface area contributed by atoms with Gasteiger partial charge in [-0.25, -0.2) is 12.8 Å². The largest absolute Gasteiger partial charge is 0.497 e. The highest BCUT2D eigenvalue weighted by molar-refractivity contribution is 7.92. The monoisotopic (exact) mass is 355 g/mol. The second-order valence-electron chi connectivity index (χ2n) is 4.81. The molecule has 6 nitrogen and oxygen atoms in total. The number of hydrogen-bond donors (Lipinski definition) is 0. The van der Waals surface area contributed by atoms with Gasteiger partial charge in [0.15, 0.2) is 11.6 Å². The van der Waals surface area contributed by atoms with Gasteiger partial charge in [0.2, 0.25) is 0 Å². The Morgan fingerprint density at radius 3 is 2.12 bits per heavy atom. The number of ether oxygens (including phenoxy) is 3. The van der Waals surface area contributed by atoms with Crippen LogP contribution >= 0.6 is 0 Å². The summed E-state index contributed by atoms with van der Waals surface area (Å²) in [7, 11) is 1.61. The molecule has 0 amide bonds. The average molecular weight is 355 g/mol. The minimum atomic E-state index is -3.97. The second kappa shape index (κ2) is 6.96. The van der Waals surface area contributed by atoms with Gasteiger partial charge in [-0.15, -0.1) is 0 Å². The Bertz CT molecular complexity index is 838. The molecule has 0 saturated carbocycles. The number of benzene rings is 2. The van der Waals surface area contributed by atoms with Crippen LogP contribution in [0, 0.1) is 5.82 Å². The maximum absolute atomic E-state index is 13.8. The van der Waals surface area contributed by atoms with Gasteiger partial charge in [-0.05, 0) is 30.3 Å². The molecular formula is C16H18FNO5S. The van der Waals surface area contributed by atoms with E-state index in [1.54, 1.807) is 18.2 Å². The fourth-order valence-corrected chi connectivity index (χ4v) is 3.36. The zero-order valence-corrected chi connectivity index (χ0v) is 14.6. The molecule has 0 heterocycles. The van der Waals surface area contributed by atoms with E-state index in [0.29, 0.717) is 17.2 Å². The summed E-state index contributed by atoms with van der Waals surface area (Å²) >= 11 is 0. The van der Waals surface area contributed by atoms with Gasteiger partial charge in [0.05, 0.1) is 31.9 Å². The molecule has 0 aliphatic rings. The average Bonchev–Trinajstić information content (AvgIpc) is 2.60. The number of rotatable bonds is 6. The molecular weight excluding hydrogens is 337 g/mol. The first-order valence-corrected chi connectivity index (χ1v) is 8.33. The molecule has 0 atom stereocenters. The summed E-state index contributed by atoms with van der Waals surface area (Å²) in [5.41, 5.74) is 0.300. The number of nitrogens with zero attached hydrogens (tertiary/aromatic N) is 1. The van der Waals surface area contributed by atoms with Crippen molar-refractivity contribution in [3.8, 4) is 17.2 Å². The summed E-state index contributed by atoms with van der Waals surface area (Å²) in [5.74, 6) is 0.0543. The molecule has 2 aromatic rings. The molecule has 0 aromatic heterocycles. The second-order valence-corrected chi connectivity index (χ2v) is 6.78. The molecule has 0 saturated heterocycles. The van der Waals surface area contributed by atoms with Crippen molar-refractivity contribution in [2.45, 2.75) is 4.90 Å². The summed E-state index contributed by atoms with van der Waals surface area (Å²) in [6.07, 6.45) is 0. The molecule has 0 bridgehead atoms. The zero-order chi connectivity index (χ0) is 17.9. The third-order valence-corrected chi connectivity index (χ3v) is 5.28. The van der Waals surface area contributed by atoms with E-state index in [2.05, 4.69) is 0 Å². The molecule has 0 spiro atoms. The minimum Gasteiger partial charge on any atom is -0.497 e. The summed E-state index contributed by atoms with van der Waals surface area (Å²) in [5, 5.41) is 0. The molecule has 0 aliphatic carbocycles. The van der Waals surface area contributed by atoms with Gasteiger partial charge in [0.1, 0.15) is 11.5 Å². The lowest BCUT2D eigenvalue weighted by Crippen LogP contribution is -2.27. The highest BCUT2D eigenvalue weighted by Gasteiger charge is 2.25. The van der Waals surface area contributed by atoms with E-state index in [-0.39, 0.29) is 10.6 Å². The standard InChI is InChI=1S/C16H18FNO5S/c1-18(14-7-5-11(21-2)9-16(14)23-4)24(19,20)12-6-8-15(22-3)13(17)10-12/h5-10H,1-4H3. The van der Waals surface area contributed by atoms with Gasteiger partial charge in [-0.2, -0.15) is 0 Å². The van der Waals surface area contributed by atoms with Gasteiger partial charge in [0, 0.05) is 13.1 Å². The van der Waals surface area contributed by atoms with Crippen LogP contribution in [0.2, 0.25) is 0 Å². The van der Waals surface area contributed by atoms with Crippen LogP contribution in [0.4, 0.5) is 10.1 Å². The van der Waals surface area contributed by atoms with Crippen molar-refractivity contribution in [2.24, 2.45) is 0 Å². The Hall–Kier alpha value is -2.48. The molecule has 0 unspecified atom stereocenters. The lowest BCUT2D eigenvalue weighted by atomic mass is 10.3. The zero-order valence-electron chi connectivity index (χ0n) is 13.7. The SMILES string of the molecule is COc1ccc(N(C)S(=O)(=O)c2ccc(OC)c(F)c2)c(OC)c1. The van der Waals surface area contributed by atoms with E-state index in [1.165, 1.54) is 40.5 Å². The molecule has 24 heavy (non-hydrogen) atoms. The molecule has 8 heteroatoms. The smallest absolute Gasteiger partial charge is 0.264 e. The van der Waals surface area contributed by atoms with Crippen molar-refractivity contribution in [3.05, 3.63) is 42.2 Å². The predicted octanol–water partition coefficient (Wildman–Crippen LogP) is 2.68. The Labute approximate surface area is 140 Å². The normalized spacial score (nSPS) is 11.0. The molecule has 2 aromatic carbocycles. The summed E-state index contributed by atoms with van der Waals surface area (Å²) in [6.45, 7) is 0. The topological polar surface area (TPSA) is 65.1 Å². The van der Waals surface area contributed by atoms with Crippen LogP contribution in [-0.2, 0) is 10.0 Å². The van der Waals surface area contributed by atoms with Crippen molar-refractivity contribution >= 4 is 15.7 Å². The molecule has 0 N–H and O–H groups in total. The Balaban J connectivity index is 2.48. The number of halogens is 1. The predicted molar refractivity (Wildman–Crippen MR) is 88.1 cm³/mol. The van der Waals surface area contributed by atoms with Gasteiger partial charge in [-0.3, -0.25) is 4.31 Å². The third-order valence-electron chi connectivity index (χ3n) is 3.51. The van der Waals surface area contributed by atoms with Crippen molar-refractivity contribution in [3.63, 3.8) is 0 Å². The van der Waals surface area contributed by atoms with Crippen LogP contribution in [0.25, 0.3) is 0 Å². The molecule has 130 valence electrons. The lowest BCUT2D eigenvalue weighted by molar-refractivity contribution is 0.385. The minimum absolute atomic E-state index is 0.0290. The Morgan fingerprint density at radius 1 is 0.917 bits per heavy atom. The van der Waals surface area contributed by atoms with Gasteiger partial charge < -0.3 is 14.2 Å². The van der Waals surface area contributed by atoms with Crippen LogP contribution in [0.15, 0.2) is 41.3 Å². The van der Waals surface area contributed by atoms with Crippen molar-refractivity contribution < 1.29 is 27.0 Å². The molecule has 0 radical (unpaired) electrons. The van der Waals surface area contributed by atoms with Crippen LogP contribution in [0.5, 0.6) is 17.2 Å². The Kier molecular flexibility index (Phi) is 5.18. The maximum atomic E-state index is 13.8. The highest BCUT2D eigenvalue weighted by Crippen LogP contribution is 2.34. The highest BCUT2D eigenvalue weighted by atomic mass is 32.2. The first kappa shape index (κ1) is 17.9. The van der Waals surface area contributed by atoms with Gasteiger partial charge in [-0.1, -0.05) is 0 Å².